The van der Waals surface area contributed by atoms with Crippen LogP contribution in [0, 0.1) is 13.7 Å². The number of nitro groups is 1. The highest BCUT2D eigenvalue weighted by Gasteiger charge is 2.15. The van der Waals surface area contributed by atoms with Crippen LogP contribution in [0.5, 0.6) is 0 Å². The maximum Gasteiger partial charge on any atom is 0.293 e. The molecule has 1 atom stereocenters. The SMILES string of the molecule is CSCCC(C)Nc1ccc(I)cc1[N+](=O)[O-]. The minimum absolute atomic E-state index is 0.146. The second kappa shape index (κ2) is 7.05. The van der Waals surface area contributed by atoms with Gasteiger partial charge in [0.2, 0.25) is 0 Å². The molecule has 0 aliphatic heterocycles. The predicted octanol–water partition coefficient (Wildman–Crippen LogP) is 3.75. The van der Waals surface area contributed by atoms with Crippen molar-refractivity contribution in [2.45, 2.75) is 19.4 Å². The molecule has 1 aromatic carbocycles. The molecule has 0 heterocycles. The van der Waals surface area contributed by atoms with Gasteiger partial charge in [0.1, 0.15) is 5.69 Å². The number of benzene rings is 1. The van der Waals surface area contributed by atoms with Crippen molar-refractivity contribution >= 4 is 45.7 Å². The Morgan fingerprint density at radius 1 is 1.59 bits per heavy atom. The van der Waals surface area contributed by atoms with Gasteiger partial charge in [-0.15, -0.1) is 0 Å². The van der Waals surface area contributed by atoms with Crippen LogP contribution in [0.15, 0.2) is 18.2 Å². The number of anilines is 1. The van der Waals surface area contributed by atoms with E-state index in [4.69, 9.17) is 0 Å². The van der Waals surface area contributed by atoms with Crippen LogP contribution in [-0.4, -0.2) is 23.0 Å². The Kier molecular flexibility index (Phi) is 6.04. The van der Waals surface area contributed by atoms with Gasteiger partial charge in [-0.05, 0) is 60.1 Å². The summed E-state index contributed by atoms with van der Waals surface area (Å²) in [4.78, 5) is 10.6. The molecule has 0 saturated carbocycles. The third-order valence-corrected chi connectivity index (χ3v) is 3.63. The monoisotopic (exact) mass is 366 g/mol. The first-order valence-electron chi connectivity index (χ1n) is 5.24. The third-order valence-electron chi connectivity index (χ3n) is 2.31. The van der Waals surface area contributed by atoms with Gasteiger partial charge in [0, 0.05) is 15.7 Å². The average molecular weight is 366 g/mol. The molecular weight excluding hydrogens is 351 g/mol. The van der Waals surface area contributed by atoms with Crippen LogP contribution < -0.4 is 5.32 Å². The Hall–Kier alpha value is -0.500. The lowest BCUT2D eigenvalue weighted by Crippen LogP contribution is -2.16. The first-order valence-corrected chi connectivity index (χ1v) is 7.71. The number of nitrogens with one attached hydrogen (secondary N) is 1. The van der Waals surface area contributed by atoms with Crippen LogP contribution >= 0.6 is 34.4 Å². The molecule has 0 aliphatic carbocycles. The van der Waals surface area contributed by atoms with E-state index in [2.05, 4.69) is 34.2 Å². The molecule has 94 valence electrons. The lowest BCUT2D eigenvalue weighted by Gasteiger charge is -2.14. The maximum atomic E-state index is 10.9. The number of halogens is 1. The van der Waals surface area contributed by atoms with E-state index < -0.39 is 0 Å². The number of nitrogens with zero attached hydrogens (tertiary/aromatic N) is 1. The fourth-order valence-electron chi connectivity index (χ4n) is 1.41. The molecule has 0 aliphatic rings. The number of rotatable bonds is 6. The van der Waals surface area contributed by atoms with E-state index in [9.17, 15) is 10.1 Å². The molecule has 0 aromatic heterocycles. The van der Waals surface area contributed by atoms with Gasteiger partial charge in [-0.1, -0.05) is 0 Å². The minimum atomic E-state index is -0.341. The van der Waals surface area contributed by atoms with Crippen LogP contribution in [0.3, 0.4) is 0 Å². The summed E-state index contributed by atoms with van der Waals surface area (Å²) in [6.07, 6.45) is 3.05. The third kappa shape index (κ3) is 4.71. The topological polar surface area (TPSA) is 55.2 Å². The zero-order valence-electron chi connectivity index (χ0n) is 9.77. The summed E-state index contributed by atoms with van der Waals surface area (Å²) in [5.41, 5.74) is 0.747. The van der Waals surface area contributed by atoms with Crippen molar-refractivity contribution in [2.75, 3.05) is 17.3 Å². The highest BCUT2D eigenvalue weighted by atomic mass is 127. The Balaban J connectivity index is 2.79. The highest BCUT2D eigenvalue weighted by molar-refractivity contribution is 14.1. The largest absolute Gasteiger partial charge is 0.377 e. The lowest BCUT2D eigenvalue weighted by atomic mass is 10.2. The number of nitro benzene ring substituents is 1. The van der Waals surface area contributed by atoms with Crippen molar-refractivity contribution in [2.24, 2.45) is 0 Å². The molecule has 4 nitrogen and oxygen atoms in total. The predicted molar refractivity (Wildman–Crippen MR) is 81.9 cm³/mol. The van der Waals surface area contributed by atoms with Gasteiger partial charge >= 0.3 is 0 Å². The van der Waals surface area contributed by atoms with E-state index in [0.29, 0.717) is 5.69 Å². The first kappa shape index (κ1) is 14.6. The van der Waals surface area contributed by atoms with Crippen molar-refractivity contribution in [1.29, 1.82) is 0 Å². The van der Waals surface area contributed by atoms with E-state index in [1.807, 2.05) is 13.0 Å². The van der Waals surface area contributed by atoms with E-state index in [0.717, 1.165) is 15.7 Å². The number of hydrogen-bond donors (Lipinski definition) is 1. The fourth-order valence-corrected chi connectivity index (χ4v) is 2.47. The zero-order chi connectivity index (χ0) is 12.8. The van der Waals surface area contributed by atoms with E-state index in [1.54, 1.807) is 23.9 Å². The van der Waals surface area contributed by atoms with Gasteiger partial charge in [0.25, 0.3) is 5.69 Å². The molecule has 0 spiro atoms. The molecule has 6 heteroatoms. The molecule has 1 rings (SSSR count). The lowest BCUT2D eigenvalue weighted by molar-refractivity contribution is -0.384. The quantitative estimate of drug-likeness (QED) is 0.473. The van der Waals surface area contributed by atoms with E-state index >= 15 is 0 Å². The van der Waals surface area contributed by atoms with Crippen molar-refractivity contribution < 1.29 is 4.92 Å². The molecule has 0 saturated heterocycles. The summed E-state index contributed by atoms with van der Waals surface area (Å²) < 4.78 is 0.872. The Morgan fingerprint density at radius 3 is 2.88 bits per heavy atom. The number of hydrogen-bond acceptors (Lipinski definition) is 4. The van der Waals surface area contributed by atoms with Crippen LogP contribution in [0.2, 0.25) is 0 Å². The molecule has 1 aromatic rings. The van der Waals surface area contributed by atoms with Gasteiger partial charge in [-0.25, -0.2) is 0 Å². The summed E-state index contributed by atoms with van der Waals surface area (Å²) in [5.74, 6) is 1.05. The first-order chi connectivity index (χ1) is 8.04. The summed E-state index contributed by atoms with van der Waals surface area (Å²) in [5, 5.41) is 14.1. The minimum Gasteiger partial charge on any atom is -0.377 e. The smallest absolute Gasteiger partial charge is 0.293 e. The summed E-state index contributed by atoms with van der Waals surface area (Å²) in [6.45, 7) is 2.04. The van der Waals surface area contributed by atoms with Crippen LogP contribution in [0.4, 0.5) is 11.4 Å². The Morgan fingerprint density at radius 2 is 2.29 bits per heavy atom. The van der Waals surface area contributed by atoms with Crippen LogP contribution in [0.25, 0.3) is 0 Å². The molecule has 0 fully saturated rings. The Bertz CT molecular complexity index is 401. The number of thioether (sulfide) groups is 1. The van der Waals surface area contributed by atoms with E-state index in [-0.39, 0.29) is 16.7 Å². The molecule has 0 radical (unpaired) electrons. The van der Waals surface area contributed by atoms with Crippen LogP contribution in [0.1, 0.15) is 13.3 Å². The molecule has 0 amide bonds. The Labute approximate surface area is 119 Å². The average Bonchev–Trinajstić information content (AvgIpc) is 2.28. The zero-order valence-corrected chi connectivity index (χ0v) is 12.7. The molecule has 1 N–H and O–H groups in total. The molecular formula is C11H15IN2O2S. The van der Waals surface area contributed by atoms with Gasteiger partial charge in [-0.2, -0.15) is 11.8 Å². The standard InChI is InChI=1S/C11H15IN2O2S/c1-8(5-6-17-2)13-10-4-3-9(12)7-11(10)14(15)16/h3-4,7-8,13H,5-6H2,1-2H3. The molecule has 0 bridgehead atoms. The van der Waals surface area contributed by atoms with Gasteiger partial charge in [0.15, 0.2) is 0 Å². The van der Waals surface area contributed by atoms with Crippen molar-refractivity contribution in [3.05, 3.63) is 31.9 Å². The normalized spacial score (nSPS) is 12.2. The maximum absolute atomic E-state index is 10.9. The van der Waals surface area contributed by atoms with Gasteiger partial charge in [0.05, 0.1) is 4.92 Å². The molecule has 17 heavy (non-hydrogen) atoms. The summed E-state index contributed by atoms with van der Waals surface area (Å²) in [6, 6.07) is 5.47. The second-order valence-electron chi connectivity index (χ2n) is 3.75. The van der Waals surface area contributed by atoms with E-state index in [1.165, 1.54) is 0 Å². The van der Waals surface area contributed by atoms with Crippen LogP contribution in [-0.2, 0) is 0 Å². The van der Waals surface area contributed by atoms with Crippen molar-refractivity contribution in [3.8, 4) is 0 Å². The summed E-state index contributed by atoms with van der Waals surface area (Å²) in [7, 11) is 0. The van der Waals surface area contributed by atoms with Crippen molar-refractivity contribution in [3.63, 3.8) is 0 Å². The fraction of sp³-hybridized carbons (Fsp3) is 0.455. The second-order valence-corrected chi connectivity index (χ2v) is 5.98. The summed E-state index contributed by atoms with van der Waals surface area (Å²) >= 11 is 3.85. The molecule has 1 unspecified atom stereocenters. The van der Waals surface area contributed by atoms with Gasteiger partial charge < -0.3 is 5.32 Å². The van der Waals surface area contributed by atoms with Gasteiger partial charge in [-0.3, -0.25) is 10.1 Å². The van der Waals surface area contributed by atoms with Crippen molar-refractivity contribution in [1.82, 2.24) is 0 Å². The highest BCUT2D eigenvalue weighted by Crippen LogP contribution is 2.27.